The minimum absolute atomic E-state index is 0.196. The van der Waals surface area contributed by atoms with Gasteiger partial charge in [-0.2, -0.15) is 8.78 Å². The molecule has 0 aromatic carbocycles. The average molecular weight is 270 g/mol. The number of hydrogen-bond acceptors (Lipinski definition) is 3. The highest BCUT2D eigenvalue weighted by Gasteiger charge is 2.30. The lowest BCUT2D eigenvalue weighted by atomic mass is 10.4. The molecule has 13 heavy (non-hydrogen) atoms. The minimum Gasteiger partial charge on any atom is -0.293 e. The number of hydrogen-bond donors (Lipinski definition) is 0. The number of rotatable bonds is 2. The fourth-order valence-corrected chi connectivity index (χ4v) is 2.31. The predicted molar refractivity (Wildman–Crippen MR) is 49.4 cm³/mol. The first-order valence-corrected chi connectivity index (χ1v) is 4.99. The third-order valence-corrected chi connectivity index (χ3v) is 3.45. The summed E-state index contributed by atoms with van der Waals surface area (Å²) in [6.45, 7) is 2.07. The van der Waals surface area contributed by atoms with E-state index in [-0.39, 0.29) is 20.3 Å². The molecule has 0 radical (unpaired) electrons. The maximum Gasteiger partial charge on any atom is 0.296 e. The third kappa shape index (κ3) is 2.31. The van der Waals surface area contributed by atoms with Gasteiger partial charge in [-0.05, 0) is 15.9 Å². The Balaban J connectivity index is 3.17. The maximum absolute atomic E-state index is 12.7. The Morgan fingerprint density at radius 3 is 2.38 bits per heavy atom. The molecule has 2 nitrogen and oxygen atoms in total. The van der Waals surface area contributed by atoms with Crippen molar-refractivity contribution in [2.45, 2.75) is 19.8 Å². The van der Waals surface area contributed by atoms with Crippen molar-refractivity contribution in [3.05, 3.63) is 14.5 Å². The quantitative estimate of drug-likeness (QED) is 0.772. The van der Waals surface area contributed by atoms with E-state index in [2.05, 4.69) is 20.9 Å². The SMILES string of the molecule is CC(=O)c1sc(C(C)(F)F)nc1Br. The van der Waals surface area contributed by atoms with Crippen molar-refractivity contribution in [1.82, 2.24) is 4.98 Å². The van der Waals surface area contributed by atoms with Crippen molar-refractivity contribution in [1.29, 1.82) is 0 Å². The Labute approximate surface area is 86.1 Å². The standard InChI is InChI=1S/C7H6BrF2NOS/c1-3(12)4-5(8)11-6(13-4)7(2,9)10/h1-2H3. The van der Waals surface area contributed by atoms with Crippen LogP contribution in [-0.4, -0.2) is 10.8 Å². The van der Waals surface area contributed by atoms with Crippen LogP contribution < -0.4 is 0 Å². The Morgan fingerprint density at radius 2 is 2.15 bits per heavy atom. The molecule has 1 aromatic rings. The van der Waals surface area contributed by atoms with Gasteiger partial charge < -0.3 is 0 Å². The van der Waals surface area contributed by atoms with Crippen molar-refractivity contribution in [3.8, 4) is 0 Å². The summed E-state index contributed by atoms with van der Waals surface area (Å²) < 4.78 is 25.6. The Bertz CT molecular complexity index is 345. The zero-order valence-electron chi connectivity index (χ0n) is 6.90. The second-order valence-electron chi connectivity index (χ2n) is 2.58. The van der Waals surface area contributed by atoms with E-state index in [1.54, 1.807) is 0 Å². The molecule has 0 unspecified atom stereocenters. The van der Waals surface area contributed by atoms with Gasteiger partial charge in [-0.3, -0.25) is 4.79 Å². The van der Waals surface area contributed by atoms with Gasteiger partial charge in [-0.1, -0.05) is 0 Å². The lowest BCUT2D eigenvalue weighted by Crippen LogP contribution is -2.05. The van der Waals surface area contributed by atoms with Gasteiger partial charge in [0.05, 0.1) is 0 Å². The molecule has 0 saturated heterocycles. The van der Waals surface area contributed by atoms with Crippen LogP contribution in [0.25, 0.3) is 0 Å². The van der Waals surface area contributed by atoms with Gasteiger partial charge in [0.15, 0.2) is 10.8 Å². The summed E-state index contributed by atoms with van der Waals surface area (Å²) in [5, 5.41) is -0.343. The fourth-order valence-electron chi connectivity index (χ4n) is 0.706. The Hall–Kier alpha value is -0.360. The van der Waals surface area contributed by atoms with Crippen molar-refractivity contribution in [3.63, 3.8) is 0 Å². The van der Waals surface area contributed by atoms with E-state index in [9.17, 15) is 13.6 Å². The molecule has 0 atom stereocenters. The molecule has 0 amide bonds. The summed E-state index contributed by atoms with van der Waals surface area (Å²) in [4.78, 5) is 14.7. The molecule has 0 fully saturated rings. The monoisotopic (exact) mass is 269 g/mol. The molecular formula is C7H6BrF2NOS. The van der Waals surface area contributed by atoms with E-state index < -0.39 is 5.92 Å². The van der Waals surface area contributed by atoms with E-state index in [0.29, 0.717) is 0 Å². The lowest BCUT2D eigenvalue weighted by molar-refractivity contribution is 0.0171. The zero-order valence-corrected chi connectivity index (χ0v) is 9.30. The maximum atomic E-state index is 12.7. The number of aromatic nitrogens is 1. The lowest BCUT2D eigenvalue weighted by Gasteiger charge is -2.03. The summed E-state index contributed by atoms with van der Waals surface area (Å²) in [6.07, 6.45) is 0. The van der Waals surface area contributed by atoms with Crippen LogP contribution >= 0.6 is 27.3 Å². The van der Waals surface area contributed by atoms with E-state index in [0.717, 1.165) is 18.3 Å². The molecule has 6 heteroatoms. The molecule has 0 spiro atoms. The average Bonchev–Trinajstić information content (AvgIpc) is 2.29. The molecule has 1 rings (SSSR count). The first-order valence-electron chi connectivity index (χ1n) is 3.38. The number of thiazole rings is 1. The summed E-state index contributed by atoms with van der Waals surface area (Å²) in [5.74, 6) is -3.25. The first kappa shape index (κ1) is 10.7. The fraction of sp³-hybridized carbons (Fsp3) is 0.429. The Kier molecular flexibility index (Phi) is 2.82. The molecule has 0 aliphatic carbocycles. The summed E-state index contributed by atoms with van der Waals surface area (Å²) >= 11 is 3.67. The number of halogens is 3. The van der Waals surface area contributed by atoms with E-state index >= 15 is 0 Å². The highest BCUT2D eigenvalue weighted by molar-refractivity contribution is 9.10. The van der Waals surface area contributed by atoms with Crippen LogP contribution in [0.3, 0.4) is 0 Å². The van der Waals surface area contributed by atoms with Crippen LogP contribution in [0.2, 0.25) is 0 Å². The van der Waals surface area contributed by atoms with Gasteiger partial charge in [0.2, 0.25) is 0 Å². The second-order valence-corrected chi connectivity index (χ2v) is 4.33. The number of Topliss-reactive ketones (excluding diaryl/α,β-unsaturated/α-hetero) is 1. The Morgan fingerprint density at radius 1 is 1.62 bits per heavy atom. The molecule has 0 bridgehead atoms. The molecule has 1 heterocycles. The first-order chi connectivity index (χ1) is 5.82. The van der Waals surface area contributed by atoms with Gasteiger partial charge >= 0.3 is 0 Å². The van der Waals surface area contributed by atoms with Gasteiger partial charge in [-0.15, -0.1) is 11.3 Å². The molecule has 72 valence electrons. The summed E-state index contributed by atoms with van der Waals surface area (Å²) in [6, 6.07) is 0. The molecule has 0 saturated carbocycles. The van der Waals surface area contributed by atoms with E-state index in [1.807, 2.05) is 0 Å². The molecule has 0 N–H and O–H groups in total. The van der Waals surface area contributed by atoms with Crippen LogP contribution in [-0.2, 0) is 5.92 Å². The van der Waals surface area contributed by atoms with Crippen molar-refractivity contribution < 1.29 is 13.6 Å². The van der Waals surface area contributed by atoms with Crippen molar-refractivity contribution in [2.24, 2.45) is 0 Å². The normalized spacial score (nSPS) is 11.8. The predicted octanol–water partition coefficient (Wildman–Crippen LogP) is 3.22. The summed E-state index contributed by atoms with van der Waals surface area (Å²) in [5.41, 5.74) is 0. The number of nitrogens with zero attached hydrogens (tertiary/aromatic N) is 1. The molecule has 0 aliphatic heterocycles. The zero-order chi connectivity index (χ0) is 10.2. The van der Waals surface area contributed by atoms with Gasteiger partial charge in [-0.25, -0.2) is 4.98 Å². The van der Waals surface area contributed by atoms with Crippen LogP contribution in [0.1, 0.15) is 28.5 Å². The molecular weight excluding hydrogens is 264 g/mol. The van der Waals surface area contributed by atoms with Gasteiger partial charge in [0.25, 0.3) is 5.92 Å². The van der Waals surface area contributed by atoms with Crippen molar-refractivity contribution in [2.75, 3.05) is 0 Å². The van der Waals surface area contributed by atoms with Gasteiger partial charge in [0.1, 0.15) is 9.48 Å². The topological polar surface area (TPSA) is 30.0 Å². The minimum atomic E-state index is -2.99. The second kappa shape index (κ2) is 3.42. The van der Waals surface area contributed by atoms with E-state index in [1.165, 1.54) is 6.92 Å². The van der Waals surface area contributed by atoms with Crippen LogP contribution in [0, 0.1) is 0 Å². The summed E-state index contributed by atoms with van der Waals surface area (Å²) in [7, 11) is 0. The smallest absolute Gasteiger partial charge is 0.293 e. The number of ketones is 1. The highest BCUT2D eigenvalue weighted by Crippen LogP contribution is 2.34. The third-order valence-electron chi connectivity index (χ3n) is 1.28. The van der Waals surface area contributed by atoms with Gasteiger partial charge in [0, 0.05) is 13.8 Å². The number of carbonyl (C=O) groups excluding carboxylic acids is 1. The van der Waals surface area contributed by atoms with Crippen molar-refractivity contribution >= 4 is 33.0 Å². The van der Waals surface area contributed by atoms with Crippen LogP contribution in [0.5, 0.6) is 0 Å². The molecule has 1 aromatic heterocycles. The molecule has 0 aliphatic rings. The van der Waals surface area contributed by atoms with Crippen LogP contribution in [0.15, 0.2) is 4.60 Å². The number of alkyl halides is 2. The van der Waals surface area contributed by atoms with E-state index in [4.69, 9.17) is 0 Å². The highest BCUT2D eigenvalue weighted by atomic mass is 79.9. The largest absolute Gasteiger partial charge is 0.296 e. The number of carbonyl (C=O) groups is 1. The van der Waals surface area contributed by atoms with Crippen LogP contribution in [0.4, 0.5) is 8.78 Å².